The predicted octanol–water partition coefficient (Wildman–Crippen LogP) is 4.46. The van der Waals surface area contributed by atoms with E-state index in [9.17, 15) is 26.7 Å². The molecule has 0 spiro atoms. The molecule has 34 heavy (non-hydrogen) atoms. The lowest BCUT2D eigenvalue weighted by Gasteiger charge is -2.31. The minimum Gasteiger partial charge on any atom is -0.455 e. The van der Waals surface area contributed by atoms with Crippen molar-refractivity contribution in [2.24, 2.45) is 0 Å². The minimum absolute atomic E-state index is 0.00750. The number of urea groups is 1. The molecule has 13 heteroatoms. The number of alkyl halides is 3. The summed E-state index contributed by atoms with van der Waals surface area (Å²) in [6.45, 7) is 4.77. The van der Waals surface area contributed by atoms with E-state index in [-0.39, 0.29) is 22.7 Å². The number of carbonyl (C=O) groups excluding carboxylic acids is 1. The second kappa shape index (κ2) is 9.05. The molecule has 1 saturated heterocycles. The van der Waals surface area contributed by atoms with Crippen LogP contribution in [0.1, 0.15) is 24.3 Å². The Balaban J connectivity index is 1.51. The summed E-state index contributed by atoms with van der Waals surface area (Å²) in [5, 5.41) is 3.85. The monoisotopic (exact) mass is 485 g/mol. The van der Waals surface area contributed by atoms with Crippen LogP contribution in [0.3, 0.4) is 0 Å². The molecule has 0 aliphatic carbocycles. The lowest BCUT2D eigenvalue weighted by atomic mass is 10.1. The molecule has 2 amide bonds. The summed E-state index contributed by atoms with van der Waals surface area (Å²) in [5.74, 6) is -2.48. The average Bonchev–Trinajstić information content (AvgIpc) is 3.08. The molecule has 0 saturated carbocycles. The van der Waals surface area contributed by atoms with Gasteiger partial charge in [0.25, 0.3) is 0 Å². The van der Waals surface area contributed by atoms with Gasteiger partial charge in [0.05, 0.1) is 30.8 Å². The topological polar surface area (TPSA) is 92.5 Å². The number of amides is 2. The molecule has 0 unspecified atom stereocenters. The summed E-state index contributed by atoms with van der Waals surface area (Å²) in [4.78, 5) is 22.5. The Hall–Kier alpha value is -3.48. The molecule has 2 atom stereocenters. The molecule has 3 aromatic rings. The van der Waals surface area contributed by atoms with Gasteiger partial charge in [0, 0.05) is 30.1 Å². The number of hydrogen-bond acceptors (Lipinski definition) is 6. The highest BCUT2D eigenvalue weighted by Gasteiger charge is 2.45. The van der Waals surface area contributed by atoms with Crippen molar-refractivity contribution >= 4 is 28.6 Å². The summed E-state index contributed by atoms with van der Waals surface area (Å²) >= 11 is 0. The number of nitrogens with one attached hydrogen (secondary N) is 2. The van der Waals surface area contributed by atoms with Crippen LogP contribution < -0.4 is 15.5 Å². The fraction of sp³-hybridized carbons (Fsp3) is 0.381. The van der Waals surface area contributed by atoms with E-state index in [1.54, 1.807) is 5.32 Å². The summed E-state index contributed by atoms with van der Waals surface area (Å²) in [6.07, 6.45) is -2.48. The van der Waals surface area contributed by atoms with E-state index < -0.39 is 41.2 Å². The number of benzene rings is 1. The smallest absolute Gasteiger partial charge is 0.416 e. The lowest BCUT2D eigenvalue weighted by molar-refractivity contribution is -0.158. The Bertz CT molecular complexity index is 1200. The van der Waals surface area contributed by atoms with E-state index in [1.807, 2.05) is 11.8 Å². The van der Waals surface area contributed by atoms with Crippen LogP contribution in [0.4, 0.5) is 38.4 Å². The molecule has 0 radical (unpaired) electrons. The average molecular weight is 485 g/mol. The zero-order valence-electron chi connectivity index (χ0n) is 18.0. The first-order chi connectivity index (χ1) is 16.0. The highest BCUT2D eigenvalue weighted by molar-refractivity contribution is 5.89. The van der Waals surface area contributed by atoms with Crippen molar-refractivity contribution in [1.29, 1.82) is 0 Å². The van der Waals surface area contributed by atoms with Crippen molar-refractivity contribution in [2.45, 2.75) is 32.2 Å². The first-order valence-corrected chi connectivity index (χ1v) is 10.2. The van der Waals surface area contributed by atoms with Crippen LogP contribution in [0.2, 0.25) is 0 Å². The number of morpholine rings is 1. The number of carbonyl (C=O) groups is 1. The fourth-order valence-electron chi connectivity index (χ4n) is 3.68. The van der Waals surface area contributed by atoms with Crippen LogP contribution in [0.15, 0.2) is 28.9 Å². The fourth-order valence-corrected chi connectivity index (χ4v) is 3.68. The number of fused-ring (bicyclic) bond motifs is 1. The largest absolute Gasteiger partial charge is 0.455 e. The Morgan fingerprint density at radius 1 is 1.24 bits per heavy atom. The van der Waals surface area contributed by atoms with E-state index in [2.05, 4.69) is 15.3 Å². The maximum Gasteiger partial charge on any atom is 0.416 e. The third-order valence-corrected chi connectivity index (χ3v) is 5.28. The molecule has 2 aromatic heterocycles. The molecule has 1 aromatic carbocycles. The van der Waals surface area contributed by atoms with Crippen molar-refractivity contribution in [3.63, 3.8) is 0 Å². The Morgan fingerprint density at radius 2 is 1.94 bits per heavy atom. The van der Waals surface area contributed by atoms with Gasteiger partial charge in [-0.2, -0.15) is 13.2 Å². The SMILES string of the molecule is Cc1c([C@@H](NC(=O)Nc2cnc(N3CCO[C@H](C)C3)nc2)C(F)(F)F)oc2c(F)cc(F)cc12. The van der Waals surface area contributed by atoms with Gasteiger partial charge in [0.2, 0.25) is 5.95 Å². The van der Waals surface area contributed by atoms with Crippen LogP contribution in [-0.4, -0.2) is 48.0 Å². The quantitative estimate of drug-likeness (QED) is 0.531. The number of ether oxygens (including phenoxy) is 1. The third-order valence-electron chi connectivity index (χ3n) is 5.28. The number of furan rings is 1. The molecule has 1 aliphatic heterocycles. The summed E-state index contributed by atoms with van der Waals surface area (Å²) < 4.78 is 79.4. The molecule has 1 aliphatic rings. The zero-order chi connectivity index (χ0) is 24.6. The van der Waals surface area contributed by atoms with Gasteiger partial charge in [-0.1, -0.05) is 0 Å². The van der Waals surface area contributed by atoms with Crippen LogP contribution in [0, 0.1) is 18.6 Å². The van der Waals surface area contributed by atoms with Gasteiger partial charge in [0.15, 0.2) is 17.4 Å². The first kappa shape index (κ1) is 23.7. The molecule has 0 bridgehead atoms. The Morgan fingerprint density at radius 3 is 2.59 bits per heavy atom. The van der Waals surface area contributed by atoms with Gasteiger partial charge in [-0.3, -0.25) is 0 Å². The molecule has 2 N–H and O–H groups in total. The van der Waals surface area contributed by atoms with Gasteiger partial charge < -0.3 is 24.7 Å². The number of anilines is 2. The van der Waals surface area contributed by atoms with E-state index >= 15 is 0 Å². The maximum absolute atomic E-state index is 14.0. The Labute approximate surface area is 190 Å². The van der Waals surface area contributed by atoms with Crippen LogP contribution in [0.25, 0.3) is 11.0 Å². The molecule has 1 fully saturated rings. The normalized spacial score (nSPS) is 17.6. The second-order valence-electron chi connectivity index (χ2n) is 7.83. The van der Waals surface area contributed by atoms with E-state index in [1.165, 1.54) is 19.3 Å². The van der Waals surface area contributed by atoms with Crippen molar-refractivity contribution in [2.75, 3.05) is 29.9 Å². The highest BCUT2D eigenvalue weighted by atomic mass is 19.4. The number of nitrogens with zero attached hydrogens (tertiary/aromatic N) is 3. The van der Waals surface area contributed by atoms with E-state index in [0.29, 0.717) is 31.7 Å². The zero-order valence-corrected chi connectivity index (χ0v) is 18.0. The number of aromatic nitrogens is 2. The second-order valence-corrected chi connectivity index (χ2v) is 7.83. The van der Waals surface area contributed by atoms with Crippen LogP contribution in [0.5, 0.6) is 0 Å². The Kier molecular flexibility index (Phi) is 6.30. The van der Waals surface area contributed by atoms with E-state index in [4.69, 9.17) is 9.15 Å². The highest BCUT2D eigenvalue weighted by Crippen LogP contribution is 2.39. The predicted molar refractivity (Wildman–Crippen MR) is 111 cm³/mol. The molecule has 182 valence electrons. The molecule has 8 nitrogen and oxygen atoms in total. The third kappa shape index (κ3) is 4.88. The molecular weight excluding hydrogens is 465 g/mol. The minimum atomic E-state index is -4.99. The number of aryl methyl sites for hydroxylation is 1. The van der Waals surface area contributed by atoms with Gasteiger partial charge in [-0.25, -0.2) is 23.5 Å². The lowest BCUT2D eigenvalue weighted by Crippen LogP contribution is -2.42. The standard InChI is InChI=1S/C21H20F5N5O3/c1-10-9-31(3-4-33-10)19-27-7-13(8-28-19)29-20(32)30-18(21(24,25)26)16-11(2)14-5-12(22)6-15(23)17(14)34-16/h5-8,10,18H,3-4,9H2,1-2H3,(H2,29,30,32)/t10-,18-/m1/s1. The van der Waals surface area contributed by atoms with Gasteiger partial charge in [0.1, 0.15) is 11.6 Å². The first-order valence-electron chi connectivity index (χ1n) is 10.2. The molecular formula is C21H20F5N5O3. The van der Waals surface area contributed by atoms with Crippen molar-refractivity contribution < 1.29 is 35.9 Å². The van der Waals surface area contributed by atoms with Crippen molar-refractivity contribution in [3.8, 4) is 0 Å². The molecule has 4 rings (SSSR count). The number of hydrogen-bond donors (Lipinski definition) is 2. The van der Waals surface area contributed by atoms with Crippen molar-refractivity contribution in [1.82, 2.24) is 15.3 Å². The summed E-state index contributed by atoms with van der Waals surface area (Å²) in [7, 11) is 0. The van der Waals surface area contributed by atoms with E-state index in [0.717, 1.165) is 6.07 Å². The maximum atomic E-state index is 14.0. The van der Waals surface area contributed by atoms with Crippen LogP contribution >= 0.6 is 0 Å². The van der Waals surface area contributed by atoms with Crippen LogP contribution in [-0.2, 0) is 4.74 Å². The van der Waals surface area contributed by atoms with Gasteiger partial charge in [-0.15, -0.1) is 0 Å². The summed E-state index contributed by atoms with van der Waals surface area (Å²) in [5.41, 5.74) is -0.631. The number of rotatable bonds is 4. The number of halogens is 5. The van der Waals surface area contributed by atoms with Gasteiger partial charge >= 0.3 is 12.2 Å². The van der Waals surface area contributed by atoms with Gasteiger partial charge in [-0.05, 0) is 19.9 Å². The summed E-state index contributed by atoms with van der Waals surface area (Å²) in [6, 6.07) is -2.47. The molecule has 3 heterocycles. The van der Waals surface area contributed by atoms with Crippen molar-refractivity contribution in [3.05, 3.63) is 47.5 Å².